The van der Waals surface area contributed by atoms with Crippen LogP contribution in [0.5, 0.6) is 0 Å². The molecular formula is C13H12N4S. The Kier molecular flexibility index (Phi) is 2.95. The van der Waals surface area contributed by atoms with Crippen LogP contribution in [0.15, 0.2) is 29.2 Å². The number of aromatic nitrogens is 2. The molecule has 90 valence electrons. The molecule has 0 aliphatic heterocycles. The van der Waals surface area contributed by atoms with E-state index < -0.39 is 0 Å². The fraction of sp³-hybridized carbons (Fsp3) is 0.308. The number of anilines is 1. The summed E-state index contributed by atoms with van der Waals surface area (Å²) in [5, 5.41) is 13.3. The molecule has 1 aliphatic rings. The Morgan fingerprint density at radius 1 is 1.39 bits per heavy atom. The van der Waals surface area contributed by atoms with Gasteiger partial charge in [-0.1, -0.05) is 0 Å². The summed E-state index contributed by atoms with van der Waals surface area (Å²) in [6.07, 6.45) is 5.56. The molecule has 0 spiro atoms. The third-order valence-electron chi connectivity index (χ3n) is 2.98. The summed E-state index contributed by atoms with van der Waals surface area (Å²) in [5.41, 5.74) is 1.68. The highest BCUT2D eigenvalue weighted by molar-refractivity contribution is 7.07. The zero-order valence-corrected chi connectivity index (χ0v) is 10.6. The average molecular weight is 256 g/mol. The standard InChI is InChI=1S/C13H12N4S/c14-7-12-13(16-5-4-15-12)17(11-1-2-11)8-10-3-6-18-9-10/h3-6,9,11H,1-2,8H2. The molecule has 4 nitrogen and oxygen atoms in total. The van der Waals surface area contributed by atoms with Crippen molar-refractivity contribution in [2.75, 3.05) is 4.90 Å². The van der Waals surface area contributed by atoms with E-state index in [1.54, 1.807) is 23.7 Å². The van der Waals surface area contributed by atoms with Gasteiger partial charge in [0.2, 0.25) is 0 Å². The average Bonchev–Trinajstić information content (AvgIpc) is 3.13. The highest BCUT2D eigenvalue weighted by atomic mass is 32.1. The van der Waals surface area contributed by atoms with Crippen molar-refractivity contribution in [3.05, 3.63) is 40.5 Å². The topological polar surface area (TPSA) is 52.8 Å². The summed E-state index contributed by atoms with van der Waals surface area (Å²) in [4.78, 5) is 10.6. The molecule has 2 heterocycles. The second-order valence-electron chi connectivity index (χ2n) is 4.33. The zero-order chi connectivity index (χ0) is 12.4. The lowest BCUT2D eigenvalue weighted by atomic mass is 10.3. The number of nitriles is 1. The SMILES string of the molecule is N#Cc1nccnc1N(Cc1ccsc1)C1CC1. The maximum Gasteiger partial charge on any atom is 0.183 e. The maximum atomic E-state index is 9.12. The van der Waals surface area contributed by atoms with Gasteiger partial charge in [0, 0.05) is 25.0 Å². The second kappa shape index (κ2) is 4.75. The van der Waals surface area contributed by atoms with Crippen molar-refractivity contribution in [1.82, 2.24) is 9.97 Å². The lowest BCUT2D eigenvalue weighted by Crippen LogP contribution is -2.27. The number of thiophene rings is 1. The van der Waals surface area contributed by atoms with E-state index in [0.29, 0.717) is 17.6 Å². The van der Waals surface area contributed by atoms with E-state index in [1.165, 1.54) is 18.4 Å². The van der Waals surface area contributed by atoms with Crippen LogP contribution < -0.4 is 4.90 Å². The van der Waals surface area contributed by atoms with E-state index in [9.17, 15) is 0 Å². The molecular weight excluding hydrogens is 244 g/mol. The molecule has 0 aromatic carbocycles. The van der Waals surface area contributed by atoms with Crippen LogP contribution in [0.3, 0.4) is 0 Å². The normalized spacial score (nSPS) is 14.2. The maximum absolute atomic E-state index is 9.12. The van der Waals surface area contributed by atoms with Crippen molar-refractivity contribution in [3.8, 4) is 6.07 Å². The Labute approximate surface area is 110 Å². The fourth-order valence-electron chi connectivity index (χ4n) is 1.96. The van der Waals surface area contributed by atoms with Crippen molar-refractivity contribution >= 4 is 17.2 Å². The van der Waals surface area contributed by atoms with Crippen molar-refractivity contribution in [3.63, 3.8) is 0 Å². The molecule has 2 aromatic heterocycles. The van der Waals surface area contributed by atoms with Gasteiger partial charge in [-0.25, -0.2) is 9.97 Å². The fourth-order valence-corrected chi connectivity index (χ4v) is 2.62. The van der Waals surface area contributed by atoms with E-state index in [0.717, 1.165) is 6.54 Å². The van der Waals surface area contributed by atoms with Crippen molar-refractivity contribution in [2.24, 2.45) is 0 Å². The molecule has 0 atom stereocenters. The lowest BCUT2D eigenvalue weighted by Gasteiger charge is -2.23. The minimum atomic E-state index is 0.416. The third-order valence-corrected chi connectivity index (χ3v) is 3.71. The molecule has 0 amide bonds. The third kappa shape index (κ3) is 2.20. The van der Waals surface area contributed by atoms with Gasteiger partial charge in [-0.15, -0.1) is 0 Å². The van der Waals surface area contributed by atoms with Crippen LogP contribution in [-0.2, 0) is 6.54 Å². The van der Waals surface area contributed by atoms with Crippen LogP contribution in [0.2, 0.25) is 0 Å². The molecule has 3 rings (SSSR count). The summed E-state index contributed by atoms with van der Waals surface area (Å²) >= 11 is 1.69. The molecule has 5 heteroatoms. The van der Waals surface area contributed by atoms with Gasteiger partial charge in [0.25, 0.3) is 0 Å². The van der Waals surface area contributed by atoms with Crippen molar-refractivity contribution < 1.29 is 0 Å². The smallest absolute Gasteiger partial charge is 0.183 e. The molecule has 0 N–H and O–H groups in total. The van der Waals surface area contributed by atoms with Crippen molar-refractivity contribution in [1.29, 1.82) is 5.26 Å². The Hall–Kier alpha value is -1.93. The number of nitrogens with zero attached hydrogens (tertiary/aromatic N) is 4. The van der Waals surface area contributed by atoms with Crippen LogP contribution in [-0.4, -0.2) is 16.0 Å². The Morgan fingerprint density at radius 2 is 2.22 bits per heavy atom. The van der Waals surface area contributed by atoms with Crippen LogP contribution in [0.25, 0.3) is 0 Å². The van der Waals surface area contributed by atoms with Gasteiger partial charge in [0.1, 0.15) is 6.07 Å². The van der Waals surface area contributed by atoms with Gasteiger partial charge in [-0.2, -0.15) is 16.6 Å². The Morgan fingerprint density at radius 3 is 2.89 bits per heavy atom. The summed E-state index contributed by atoms with van der Waals surface area (Å²) in [7, 11) is 0. The predicted molar refractivity (Wildman–Crippen MR) is 70.3 cm³/mol. The quantitative estimate of drug-likeness (QED) is 0.843. The van der Waals surface area contributed by atoms with Crippen LogP contribution in [0.4, 0.5) is 5.82 Å². The second-order valence-corrected chi connectivity index (χ2v) is 5.11. The Balaban J connectivity index is 1.92. The predicted octanol–water partition coefficient (Wildman–Crippen LogP) is 2.58. The van der Waals surface area contributed by atoms with E-state index >= 15 is 0 Å². The summed E-state index contributed by atoms with van der Waals surface area (Å²) < 4.78 is 0. The first kappa shape index (κ1) is 11.2. The molecule has 0 bridgehead atoms. The molecule has 0 radical (unpaired) electrons. The van der Waals surface area contributed by atoms with Gasteiger partial charge in [0.15, 0.2) is 11.5 Å². The van der Waals surface area contributed by atoms with Crippen LogP contribution >= 0.6 is 11.3 Å². The van der Waals surface area contributed by atoms with E-state index in [2.05, 4.69) is 37.8 Å². The van der Waals surface area contributed by atoms with Crippen molar-refractivity contribution in [2.45, 2.75) is 25.4 Å². The summed E-state index contributed by atoms with van der Waals surface area (Å²) in [6.45, 7) is 0.807. The minimum Gasteiger partial charge on any atom is -0.347 e. The molecule has 1 fully saturated rings. The number of hydrogen-bond donors (Lipinski definition) is 0. The minimum absolute atomic E-state index is 0.416. The first-order chi connectivity index (χ1) is 8.88. The zero-order valence-electron chi connectivity index (χ0n) is 9.78. The molecule has 1 aliphatic carbocycles. The van der Waals surface area contributed by atoms with E-state index in [-0.39, 0.29) is 0 Å². The van der Waals surface area contributed by atoms with Gasteiger partial charge in [-0.05, 0) is 35.2 Å². The first-order valence-corrected chi connectivity index (χ1v) is 6.81. The Bertz CT molecular complexity index is 569. The molecule has 2 aromatic rings. The summed E-state index contributed by atoms with van der Waals surface area (Å²) in [5.74, 6) is 0.716. The lowest BCUT2D eigenvalue weighted by molar-refractivity contribution is 0.773. The number of rotatable bonds is 4. The molecule has 0 saturated heterocycles. The summed E-state index contributed by atoms with van der Waals surface area (Å²) in [6, 6.07) is 4.75. The van der Waals surface area contributed by atoms with Gasteiger partial charge in [-0.3, -0.25) is 0 Å². The van der Waals surface area contributed by atoms with E-state index in [1.807, 2.05) is 0 Å². The van der Waals surface area contributed by atoms with Crippen LogP contribution in [0, 0.1) is 11.3 Å². The van der Waals surface area contributed by atoms with E-state index in [4.69, 9.17) is 5.26 Å². The molecule has 18 heavy (non-hydrogen) atoms. The highest BCUT2D eigenvalue weighted by Crippen LogP contribution is 2.33. The highest BCUT2D eigenvalue weighted by Gasteiger charge is 2.31. The largest absolute Gasteiger partial charge is 0.347 e. The van der Waals surface area contributed by atoms with Gasteiger partial charge >= 0.3 is 0 Å². The van der Waals surface area contributed by atoms with Gasteiger partial charge in [0.05, 0.1) is 0 Å². The molecule has 0 unspecified atom stereocenters. The monoisotopic (exact) mass is 256 g/mol. The van der Waals surface area contributed by atoms with Crippen LogP contribution in [0.1, 0.15) is 24.1 Å². The molecule has 1 saturated carbocycles. The first-order valence-electron chi connectivity index (χ1n) is 5.87. The number of hydrogen-bond acceptors (Lipinski definition) is 5. The van der Waals surface area contributed by atoms with Gasteiger partial charge < -0.3 is 4.90 Å².